The Morgan fingerprint density at radius 3 is 2.54 bits per heavy atom. The third-order valence-corrected chi connectivity index (χ3v) is 4.80. The molecular weight excluding hydrogens is 326 g/mol. The molecule has 0 saturated carbocycles. The Kier molecular flexibility index (Phi) is 5.95. The summed E-state index contributed by atoms with van der Waals surface area (Å²) in [4.78, 5) is 14.5. The van der Waals surface area contributed by atoms with Gasteiger partial charge in [-0.05, 0) is 47.7 Å². The second-order valence-electron chi connectivity index (χ2n) is 6.36. The predicted octanol–water partition coefficient (Wildman–Crippen LogP) is 3.95. The molecule has 1 aliphatic rings. The lowest BCUT2D eigenvalue weighted by molar-refractivity contribution is -0.130. The first kappa shape index (κ1) is 18.1. The van der Waals surface area contributed by atoms with Gasteiger partial charge in [0, 0.05) is 19.5 Å². The average molecular weight is 351 g/mol. The molecule has 0 radical (unpaired) electrons. The normalized spacial score (nSPS) is 13.9. The summed E-state index contributed by atoms with van der Waals surface area (Å²) < 4.78 is 10.7. The van der Waals surface area contributed by atoms with Crippen molar-refractivity contribution in [2.75, 3.05) is 27.3 Å². The summed E-state index contributed by atoms with van der Waals surface area (Å²) in [6.45, 7) is 1.45. The molecule has 0 saturated heterocycles. The summed E-state index contributed by atoms with van der Waals surface area (Å²) in [5, 5.41) is 0. The Labute approximate surface area is 155 Å². The van der Waals surface area contributed by atoms with Crippen molar-refractivity contribution in [3.05, 3.63) is 65.7 Å². The Hall–Kier alpha value is -2.75. The first-order valence-electron chi connectivity index (χ1n) is 8.94. The molecular formula is C22H25NO3. The molecule has 0 aliphatic carbocycles. The van der Waals surface area contributed by atoms with E-state index in [9.17, 15) is 4.79 Å². The molecule has 1 amide bonds. The van der Waals surface area contributed by atoms with E-state index in [1.54, 1.807) is 14.2 Å². The third-order valence-electron chi connectivity index (χ3n) is 4.80. The molecule has 1 heterocycles. The number of carbonyl (C=O) groups excluding carboxylic acids is 1. The van der Waals surface area contributed by atoms with Crippen LogP contribution in [-0.4, -0.2) is 38.1 Å². The summed E-state index contributed by atoms with van der Waals surface area (Å²) in [5.74, 6) is 1.75. The van der Waals surface area contributed by atoms with Gasteiger partial charge in [0.15, 0.2) is 0 Å². The summed E-state index contributed by atoms with van der Waals surface area (Å²) in [6, 6.07) is 16.1. The number of aryl methyl sites for hydroxylation is 1. The van der Waals surface area contributed by atoms with Gasteiger partial charge < -0.3 is 14.4 Å². The number of nitrogens with zero attached hydrogens (tertiary/aromatic N) is 1. The Bertz CT molecular complexity index is 783. The monoisotopic (exact) mass is 351 g/mol. The molecule has 0 bridgehead atoms. The van der Waals surface area contributed by atoms with Crippen LogP contribution in [0.15, 0.2) is 54.6 Å². The summed E-state index contributed by atoms with van der Waals surface area (Å²) in [6.07, 6.45) is 4.18. The summed E-state index contributed by atoms with van der Waals surface area (Å²) in [7, 11) is 3.29. The van der Waals surface area contributed by atoms with Crippen LogP contribution in [0.4, 0.5) is 0 Å². The van der Waals surface area contributed by atoms with Gasteiger partial charge in [-0.25, -0.2) is 0 Å². The molecule has 2 aromatic carbocycles. The minimum Gasteiger partial charge on any atom is -0.497 e. The Morgan fingerprint density at radius 2 is 1.88 bits per heavy atom. The third kappa shape index (κ3) is 4.26. The first-order valence-corrected chi connectivity index (χ1v) is 8.94. The van der Waals surface area contributed by atoms with Crippen LogP contribution in [-0.2, 0) is 11.2 Å². The Balaban J connectivity index is 1.59. The number of ether oxygens (including phenoxy) is 2. The van der Waals surface area contributed by atoms with Crippen molar-refractivity contribution in [1.82, 2.24) is 4.90 Å². The van der Waals surface area contributed by atoms with Gasteiger partial charge in [0.2, 0.25) is 5.91 Å². The van der Waals surface area contributed by atoms with Crippen LogP contribution in [0, 0.1) is 0 Å². The van der Waals surface area contributed by atoms with E-state index in [4.69, 9.17) is 9.47 Å². The molecule has 3 rings (SSSR count). The van der Waals surface area contributed by atoms with E-state index in [1.165, 1.54) is 11.1 Å². The van der Waals surface area contributed by atoms with E-state index in [-0.39, 0.29) is 5.91 Å². The van der Waals surface area contributed by atoms with Crippen molar-refractivity contribution in [2.45, 2.75) is 19.3 Å². The van der Waals surface area contributed by atoms with Crippen LogP contribution in [0.3, 0.4) is 0 Å². The van der Waals surface area contributed by atoms with Gasteiger partial charge in [-0.1, -0.05) is 36.4 Å². The molecule has 0 aromatic heterocycles. The fourth-order valence-electron chi connectivity index (χ4n) is 3.29. The molecule has 0 unspecified atom stereocenters. The zero-order chi connectivity index (χ0) is 18.4. The number of hydrogen-bond acceptors (Lipinski definition) is 3. The maximum atomic E-state index is 12.6. The molecule has 26 heavy (non-hydrogen) atoms. The van der Waals surface area contributed by atoms with E-state index >= 15 is 0 Å². The minimum absolute atomic E-state index is 0.179. The van der Waals surface area contributed by atoms with E-state index in [1.807, 2.05) is 29.2 Å². The predicted molar refractivity (Wildman–Crippen MR) is 103 cm³/mol. The minimum atomic E-state index is 0.179. The molecule has 0 N–H and O–H groups in total. The van der Waals surface area contributed by atoms with Crippen LogP contribution >= 0.6 is 0 Å². The van der Waals surface area contributed by atoms with Crippen LogP contribution in [0.1, 0.15) is 24.0 Å². The lowest BCUT2D eigenvalue weighted by Crippen LogP contribution is -2.34. The largest absolute Gasteiger partial charge is 0.497 e. The Morgan fingerprint density at radius 1 is 1.08 bits per heavy atom. The number of methoxy groups -OCH3 is 2. The standard InChI is InChI=1S/C22H25NO3/c1-25-20-9-10-21(26-2)19(16-20)8-11-22(24)23-14-12-18(13-15-23)17-6-4-3-5-7-17/h3-7,9-10,12,16H,8,11,13-15H2,1-2H3. The van der Waals surface area contributed by atoms with Crippen molar-refractivity contribution in [3.8, 4) is 11.5 Å². The zero-order valence-corrected chi connectivity index (χ0v) is 15.4. The number of carbonyl (C=O) groups is 1. The summed E-state index contributed by atoms with van der Waals surface area (Å²) in [5.41, 5.74) is 3.57. The van der Waals surface area contributed by atoms with Crippen LogP contribution in [0.2, 0.25) is 0 Å². The van der Waals surface area contributed by atoms with E-state index in [0.29, 0.717) is 19.4 Å². The van der Waals surface area contributed by atoms with Gasteiger partial charge in [-0.2, -0.15) is 0 Å². The van der Waals surface area contributed by atoms with Gasteiger partial charge in [0.05, 0.1) is 14.2 Å². The fourth-order valence-corrected chi connectivity index (χ4v) is 3.29. The number of benzene rings is 2. The maximum Gasteiger partial charge on any atom is 0.223 e. The highest BCUT2D eigenvalue weighted by Crippen LogP contribution is 2.26. The van der Waals surface area contributed by atoms with E-state index in [2.05, 4.69) is 30.3 Å². The van der Waals surface area contributed by atoms with Gasteiger partial charge in [0.25, 0.3) is 0 Å². The van der Waals surface area contributed by atoms with Gasteiger partial charge in [-0.3, -0.25) is 4.79 Å². The van der Waals surface area contributed by atoms with Gasteiger partial charge >= 0.3 is 0 Å². The second-order valence-corrected chi connectivity index (χ2v) is 6.36. The first-order chi connectivity index (χ1) is 12.7. The zero-order valence-electron chi connectivity index (χ0n) is 15.4. The van der Waals surface area contributed by atoms with Crippen molar-refractivity contribution >= 4 is 11.5 Å². The lowest BCUT2D eigenvalue weighted by Gasteiger charge is -2.27. The van der Waals surface area contributed by atoms with Crippen LogP contribution in [0.25, 0.3) is 5.57 Å². The molecule has 1 aliphatic heterocycles. The highest BCUT2D eigenvalue weighted by atomic mass is 16.5. The summed E-state index contributed by atoms with van der Waals surface area (Å²) >= 11 is 0. The fraction of sp³-hybridized carbons (Fsp3) is 0.318. The highest BCUT2D eigenvalue weighted by molar-refractivity contribution is 5.78. The van der Waals surface area contributed by atoms with Crippen molar-refractivity contribution in [1.29, 1.82) is 0 Å². The molecule has 0 atom stereocenters. The topological polar surface area (TPSA) is 38.8 Å². The number of rotatable bonds is 6. The second kappa shape index (κ2) is 8.56. The number of amides is 1. The van der Waals surface area contributed by atoms with Gasteiger partial charge in [0.1, 0.15) is 11.5 Å². The molecule has 4 heteroatoms. The highest BCUT2D eigenvalue weighted by Gasteiger charge is 2.18. The SMILES string of the molecule is COc1ccc(OC)c(CCC(=O)N2CC=C(c3ccccc3)CC2)c1. The molecule has 0 spiro atoms. The molecule has 136 valence electrons. The molecule has 0 fully saturated rings. The van der Waals surface area contributed by atoms with Crippen molar-refractivity contribution in [2.24, 2.45) is 0 Å². The van der Waals surface area contributed by atoms with Crippen LogP contribution in [0.5, 0.6) is 11.5 Å². The van der Waals surface area contributed by atoms with E-state index < -0.39 is 0 Å². The van der Waals surface area contributed by atoms with E-state index in [0.717, 1.165) is 30.0 Å². The molecule has 2 aromatic rings. The van der Waals surface area contributed by atoms with Crippen molar-refractivity contribution in [3.63, 3.8) is 0 Å². The lowest BCUT2D eigenvalue weighted by atomic mass is 9.99. The van der Waals surface area contributed by atoms with Crippen molar-refractivity contribution < 1.29 is 14.3 Å². The average Bonchev–Trinajstić information content (AvgIpc) is 2.72. The smallest absolute Gasteiger partial charge is 0.223 e. The van der Waals surface area contributed by atoms with Gasteiger partial charge in [-0.15, -0.1) is 0 Å². The molecule has 4 nitrogen and oxygen atoms in total. The maximum absolute atomic E-state index is 12.6. The number of hydrogen-bond donors (Lipinski definition) is 0. The van der Waals surface area contributed by atoms with Crippen LogP contribution < -0.4 is 9.47 Å². The quantitative estimate of drug-likeness (QED) is 0.791.